The number of amides is 1. The predicted octanol–water partition coefficient (Wildman–Crippen LogP) is 2.65. The number of anilines is 1. The summed E-state index contributed by atoms with van der Waals surface area (Å²) in [7, 11) is 0. The van der Waals surface area contributed by atoms with Crippen LogP contribution in [0.4, 0.5) is 10.1 Å². The fourth-order valence-corrected chi connectivity index (χ4v) is 2.90. The summed E-state index contributed by atoms with van der Waals surface area (Å²) in [4.78, 5) is 29.8. The van der Waals surface area contributed by atoms with Crippen LogP contribution in [0.3, 0.4) is 0 Å². The Morgan fingerprint density at radius 3 is 2.77 bits per heavy atom. The number of nitrogens with zero attached hydrogens (tertiary/aromatic N) is 3. The number of esters is 1. The number of carbonyl (C=O) groups is 2. The van der Waals surface area contributed by atoms with Gasteiger partial charge in [-0.1, -0.05) is 17.3 Å². The number of fused-ring (bicyclic) bond motifs is 1. The molecule has 0 saturated carbocycles. The normalized spacial score (nSPS) is 12.8. The monoisotopic (exact) mass is 427 g/mol. The van der Waals surface area contributed by atoms with E-state index in [4.69, 9.17) is 18.7 Å². The van der Waals surface area contributed by atoms with Gasteiger partial charge in [-0.15, -0.1) is 0 Å². The van der Waals surface area contributed by atoms with Crippen LogP contribution in [0.25, 0.3) is 0 Å². The van der Waals surface area contributed by atoms with Gasteiger partial charge in [0.15, 0.2) is 19.8 Å². The molecule has 0 bridgehead atoms. The van der Waals surface area contributed by atoms with E-state index in [1.807, 2.05) is 6.07 Å². The molecule has 4 rings (SSSR count). The molecule has 1 amide bonds. The summed E-state index contributed by atoms with van der Waals surface area (Å²) in [6.45, 7) is -0.0902. The molecule has 0 aliphatic carbocycles. The molecule has 0 unspecified atom stereocenters. The number of benzene rings is 2. The average Bonchev–Trinajstić information content (AvgIpc) is 3.24. The minimum Gasteiger partial charge on any atom is -0.485 e. The zero-order valence-electron chi connectivity index (χ0n) is 16.3. The molecule has 1 aliphatic rings. The first-order valence-corrected chi connectivity index (χ1v) is 9.46. The van der Waals surface area contributed by atoms with E-state index in [1.54, 1.807) is 18.2 Å². The second-order valence-electron chi connectivity index (χ2n) is 6.56. The van der Waals surface area contributed by atoms with Gasteiger partial charge in [0.1, 0.15) is 17.3 Å². The molecule has 160 valence electrons. The first kappa shape index (κ1) is 20.3. The molecule has 2 aromatic carbocycles. The third-order valence-corrected chi connectivity index (χ3v) is 4.40. The van der Waals surface area contributed by atoms with E-state index in [2.05, 4.69) is 10.1 Å². The van der Waals surface area contributed by atoms with Crippen LogP contribution in [0, 0.1) is 5.82 Å². The molecule has 0 N–H and O–H groups in total. The molecule has 2 heterocycles. The van der Waals surface area contributed by atoms with Crippen molar-refractivity contribution in [1.29, 1.82) is 0 Å². The van der Waals surface area contributed by atoms with Crippen LogP contribution >= 0.6 is 0 Å². The molecule has 0 fully saturated rings. The van der Waals surface area contributed by atoms with Gasteiger partial charge in [0.05, 0.1) is 12.1 Å². The van der Waals surface area contributed by atoms with Crippen LogP contribution in [0.1, 0.15) is 18.1 Å². The van der Waals surface area contributed by atoms with E-state index in [1.165, 1.54) is 29.2 Å². The Morgan fingerprint density at radius 2 is 1.94 bits per heavy atom. The summed E-state index contributed by atoms with van der Waals surface area (Å²) in [5.74, 6) is 0.311. The summed E-state index contributed by atoms with van der Waals surface area (Å²) < 4.78 is 33.8. The molecule has 9 nitrogen and oxygen atoms in total. The zero-order valence-corrected chi connectivity index (χ0v) is 16.3. The van der Waals surface area contributed by atoms with Gasteiger partial charge in [0.2, 0.25) is 5.82 Å². The van der Waals surface area contributed by atoms with Crippen molar-refractivity contribution in [3.8, 4) is 11.5 Å². The van der Waals surface area contributed by atoms with E-state index in [0.717, 1.165) is 0 Å². The molecular formula is C21H18FN3O6. The number of para-hydroxylation sites is 2. The minimum absolute atomic E-state index is 0.00521. The summed E-state index contributed by atoms with van der Waals surface area (Å²) in [6, 6.07) is 12.6. The summed E-state index contributed by atoms with van der Waals surface area (Å²) >= 11 is 0. The number of carbonyl (C=O) groups excluding carboxylic acids is 2. The van der Waals surface area contributed by atoms with Crippen LogP contribution in [0.2, 0.25) is 0 Å². The fraction of sp³-hybridized carbons (Fsp3) is 0.238. The van der Waals surface area contributed by atoms with Crippen molar-refractivity contribution in [2.24, 2.45) is 0 Å². The lowest BCUT2D eigenvalue weighted by atomic mass is 10.2. The molecule has 31 heavy (non-hydrogen) atoms. The standard InChI is InChI=1S/C21H18FN3O6/c22-14-5-7-15(8-6-14)28-11-18-23-19(31-24-18)12-30-21(27)9-10-25-16-3-1-2-4-17(16)29-13-20(25)26/h1-8H,9-13H2. The van der Waals surface area contributed by atoms with Crippen molar-refractivity contribution in [3.63, 3.8) is 0 Å². The molecule has 0 spiro atoms. The highest BCUT2D eigenvalue weighted by Crippen LogP contribution is 2.31. The Hall–Kier alpha value is -3.95. The third-order valence-electron chi connectivity index (χ3n) is 4.40. The first-order valence-electron chi connectivity index (χ1n) is 9.46. The quantitative estimate of drug-likeness (QED) is 0.506. The average molecular weight is 427 g/mol. The maximum Gasteiger partial charge on any atom is 0.308 e. The summed E-state index contributed by atoms with van der Waals surface area (Å²) in [6.07, 6.45) is -0.00521. The second-order valence-corrected chi connectivity index (χ2v) is 6.56. The number of halogens is 1. The van der Waals surface area contributed by atoms with E-state index in [0.29, 0.717) is 17.2 Å². The number of aromatic nitrogens is 2. The first-order chi connectivity index (χ1) is 15.1. The number of rotatable bonds is 8. The van der Waals surface area contributed by atoms with Crippen LogP contribution < -0.4 is 14.4 Å². The van der Waals surface area contributed by atoms with E-state index in [9.17, 15) is 14.0 Å². The van der Waals surface area contributed by atoms with Crippen LogP contribution in [-0.2, 0) is 27.5 Å². The fourth-order valence-electron chi connectivity index (χ4n) is 2.90. The lowest BCUT2D eigenvalue weighted by Gasteiger charge is -2.28. The SMILES string of the molecule is O=C(CCN1C(=O)COc2ccccc21)OCc1nc(COc2ccc(F)cc2)no1. The van der Waals surface area contributed by atoms with Gasteiger partial charge in [-0.2, -0.15) is 4.98 Å². The van der Waals surface area contributed by atoms with Crippen LogP contribution in [0.5, 0.6) is 11.5 Å². The highest BCUT2D eigenvalue weighted by molar-refractivity contribution is 5.98. The molecule has 0 saturated heterocycles. The smallest absolute Gasteiger partial charge is 0.308 e. The van der Waals surface area contributed by atoms with Gasteiger partial charge in [0.25, 0.3) is 11.8 Å². The zero-order chi connectivity index (χ0) is 21.6. The minimum atomic E-state index is -0.515. The van der Waals surface area contributed by atoms with Crippen LogP contribution in [0.15, 0.2) is 53.1 Å². The molecule has 1 aromatic heterocycles. The predicted molar refractivity (Wildman–Crippen MR) is 104 cm³/mol. The molecular weight excluding hydrogens is 409 g/mol. The Balaban J connectivity index is 1.23. The Morgan fingerprint density at radius 1 is 1.13 bits per heavy atom. The molecule has 0 atom stereocenters. The molecule has 10 heteroatoms. The lowest BCUT2D eigenvalue weighted by Crippen LogP contribution is -2.40. The highest BCUT2D eigenvalue weighted by Gasteiger charge is 2.25. The van der Waals surface area contributed by atoms with E-state index >= 15 is 0 Å². The lowest BCUT2D eigenvalue weighted by molar-refractivity contribution is -0.145. The maximum absolute atomic E-state index is 12.9. The van der Waals surface area contributed by atoms with Gasteiger partial charge in [-0.05, 0) is 36.4 Å². The van der Waals surface area contributed by atoms with Crippen molar-refractivity contribution in [1.82, 2.24) is 10.1 Å². The van der Waals surface area contributed by atoms with Crippen molar-refractivity contribution < 1.29 is 32.7 Å². The van der Waals surface area contributed by atoms with E-state index < -0.39 is 5.97 Å². The van der Waals surface area contributed by atoms with Crippen molar-refractivity contribution in [2.75, 3.05) is 18.1 Å². The largest absolute Gasteiger partial charge is 0.485 e. The summed E-state index contributed by atoms with van der Waals surface area (Å²) in [5, 5.41) is 3.74. The Bertz CT molecular complexity index is 1070. The highest BCUT2D eigenvalue weighted by atomic mass is 19.1. The van der Waals surface area contributed by atoms with Gasteiger partial charge in [-0.25, -0.2) is 4.39 Å². The third kappa shape index (κ3) is 5.16. The topological polar surface area (TPSA) is 104 Å². The van der Waals surface area contributed by atoms with Crippen molar-refractivity contribution >= 4 is 17.6 Å². The number of hydrogen-bond acceptors (Lipinski definition) is 8. The summed E-state index contributed by atoms with van der Waals surface area (Å²) in [5.41, 5.74) is 0.620. The Labute approximate surface area is 176 Å². The number of ether oxygens (including phenoxy) is 3. The number of hydrogen-bond donors (Lipinski definition) is 0. The van der Waals surface area contributed by atoms with Gasteiger partial charge in [-0.3, -0.25) is 9.59 Å². The maximum atomic E-state index is 12.9. The molecule has 0 radical (unpaired) electrons. The molecule has 3 aromatic rings. The van der Waals surface area contributed by atoms with Gasteiger partial charge >= 0.3 is 5.97 Å². The van der Waals surface area contributed by atoms with Crippen molar-refractivity contribution in [3.05, 3.63) is 66.1 Å². The van der Waals surface area contributed by atoms with E-state index in [-0.39, 0.29) is 56.2 Å². The van der Waals surface area contributed by atoms with Gasteiger partial charge < -0.3 is 23.6 Å². The van der Waals surface area contributed by atoms with Gasteiger partial charge in [0, 0.05) is 6.54 Å². The Kier molecular flexibility index (Phi) is 6.06. The molecule has 1 aliphatic heterocycles. The second kappa shape index (κ2) is 9.24. The van der Waals surface area contributed by atoms with Crippen molar-refractivity contribution in [2.45, 2.75) is 19.6 Å². The van der Waals surface area contributed by atoms with Crippen LogP contribution in [-0.4, -0.2) is 35.2 Å².